The number of ketones is 1. The smallest absolute Gasteiger partial charge is 0.193 e. The number of carbonyl (C=O) groups excluding carboxylic acids is 1. The van der Waals surface area contributed by atoms with Gasteiger partial charge in [0.2, 0.25) is 0 Å². The summed E-state index contributed by atoms with van der Waals surface area (Å²) in [7, 11) is 0. The molecule has 2 aromatic carbocycles. The first-order valence-electron chi connectivity index (χ1n) is 7.07. The van der Waals surface area contributed by atoms with Crippen LogP contribution in [0.1, 0.15) is 39.9 Å². The van der Waals surface area contributed by atoms with E-state index in [1.807, 2.05) is 49.4 Å². The Hall–Kier alpha value is -1.93. The second-order valence-corrected chi connectivity index (χ2v) is 5.71. The van der Waals surface area contributed by atoms with Crippen LogP contribution in [0.2, 0.25) is 0 Å². The Morgan fingerprint density at radius 2 is 1.90 bits per heavy atom. The molecule has 0 aromatic heterocycles. The minimum Gasteiger partial charge on any atom is -0.330 e. The second kappa shape index (κ2) is 4.88. The molecule has 0 unspecified atom stereocenters. The van der Waals surface area contributed by atoms with Crippen LogP contribution in [0, 0.1) is 6.92 Å². The first-order valence-corrected chi connectivity index (χ1v) is 7.07. The highest BCUT2D eigenvalue weighted by Gasteiger charge is 2.42. The Morgan fingerprint density at radius 1 is 1.15 bits per heavy atom. The molecule has 0 bridgehead atoms. The second-order valence-electron chi connectivity index (χ2n) is 5.71. The fourth-order valence-corrected chi connectivity index (χ4v) is 2.74. The fourth-order valence-electron chi connectivity index (χ4n) is 2.74. The molecule has 0 radical (unpaired) electrons. The Balaban J connectivity index is 1.97. The fraction of sp³-hybridized carbons (Fsp3) is 0.278. The van der Waals surface area contributed by atoms with Crippen molar-refractivity contribution >= 4 is 5.78 Å². The number of hydrogen-bond donors (Lipinski definition) is 1. The van der Waals surface area contributed by atoms with Gasteiger partial charge in [0.1, 0.15) is 0 Å². The van der Waals surface area contributed by atoms with E-state index in [0.717, 1.165) is 29.5 Å². The number of benzene rings is 2. The molecule has 1 aliphatic rings. The van der Waals surface area contributed by atoms with Gasteiger partial charge in [-0.25, -0.2) is 0 Å². The van der Waals surface area contributed by atoms with E-state index in [2.05, 4.69) is 6.07 Å². The molecule has 0 atom stereocenters. The van der Waals surface area contributed by atoms with Gasteiger partial charge in [-0.2, -0.15) is 0 Å². The standard InChI is InChI=1S/C18H19NO/c1-13-5-2-3-8-16(13)17(20)14-6-4-7-15(11-14)18(12-19)9-10-18/h2-8,11H,9-10,12,19H2,1H3. The molecule has 1 saturated carbocycles. The Bertz CT molecular complexity index is 656. The molecule has 0 amide bonds. The van der Waals surface area contributed by atoms with Crippen molar-refractivity contribution in [3.63, 3.8) is 0 Å². The molecule has 2 heteroatoms. The predicted octanol–water partition coefficient (Wildman–Crippen LogP) is 3.22. The lowest BCUT2D eigenvalue weighted by molar-refractivity contribution is 0.103. The maximum absolute atomic E-state index is 12.6. The van der Waals surface area contributed by atoms with E-state index in [4.69, 9.17) is 5.73 Å². The summed E-state index contributed by atoms with van der Waals surface area (Å²) in [5.74, 6) is 0.0952. The van der Waals surface area contributed by atoms with Crippen molar-refractivity contribution in [2.45, 2.75) is 25.2 Å². The van der Waals surface area contributed by atoms with Gasteiger partial charge in [-0.05, 0) is 37.0 Å². The number of rotatable bonds is 4. The number of nitrogens with two attached hydrogens (primary N) is 1. The highest BCUT2D eigenvalue weighted by atomic mass is 16.1. The van der Waals surface area contributed by atoms with Crippen LogP contribution < -0.4 is 5.73 Å². The minimum atomic E-state index is 0.0952. The van der Waals surface area contributed by atoms with Crippen molar-refractivity contribution in [3.8, 4) is 0 Å². The topological polar surface area (TPSA) is 43.1 Å². The zero-order chi connectivity index (χ0) is 14.2. The highest BCUT2D eigenvalue weighted by molar-refractivity contribution is 6.10. The van der Waals surface area contributed by atoms with Crippen molar-refractivity contribution < 1.29 is 4.79 Å². The normalized spacial score (nSPS) is 15.9. The monoisotopic (exact) mass is 265 g/mol. The molecule has 20 heavy (non-hydrogen) atoms. The van der Waals surface area contributed by atoms with Crippen LogP contribution in [0.25, 0.3) is 0 Å². The summed E-state index contributed by atoms with van der Waals surface area (Å²) in [5, 5.41) is 0. The maximum Gasteiger partial charge on any atom is 0.193 e. The molecule has 2 aromatic rings. The summed E-state index contributed by atoms with van der Waals surface area (Å²) in [6, 6.07) is 15.7. The number of hydrogen-bond acceptors (Lipinski definition) is 2. The van der Waals surface area contributed by atoms with Crippen LogP contribution in [0.3, 0.4) is 0 Å². The summed E-state index contributed by atoms with van der Waals surface area (Å²) < 4.78 is 0. The lowest BCUT2D eigenvalue weighted by Crippen LogP contribution is -2.20. The van der Waals surface area contributed by atoms with Crippen molar-refractivity contribution in [1.29, 1.82) is 0 Å². The molecule has 2 nitrogen and oxygen atoms in total. The summed E-state index contributed by atoms with van der Waals surface area (Å²) in [6.07, 6.45) is 2.26. The quantitative estimate of drug-likeness (QED) is 0.863. The molecule has 1 aliphatic carbocycles. The molecule has 0 saturated heterocycles. The third kappa shape index (κ3) is 2.16. The predicted molar refractivity (Wildman–Crippen MR) is 81.0 cm³/mol. The lowest BCUT2D eigenvalue weighted by Gasteiger charge is -2.14. The van der Waals surface area contributed by atoms with E-state index in [9.17, 15) is 4.79 Å². The Morgan fingerprint density at radius 3 is 2.55 bits per heavy atom. The van der Waals surface area contributed by atoms with Crippen molar-refractivity contribution in [2.24, 2.45) is 5.73 Å². The average molecular weight is 265 g/mol. The highest BCUT2D eigenvalue weighted by Crippen LogP contribution is 2.47. The van der Waals surface area contributed by atoms with Gasteiger partial charge < -0.3 is 5.73 Å². The van der Waals surface area contributed by atoms with E-state index in [1.165, 1.54) is 5.56 Å². The third-order valence-corrected chi connectivity index (χ3v) is 4.37. The Labute approximate surface area is 119 Å². The van der Waals surface area contributed by atoms with Gasteiger partial charge in [0.25, 0.3) is 0 Å². The van der Waals surface area contributed by atoms with E-state index < -0.39 is 0 Å². The first kappa shape index (κ1) is 13.1. The molecule has 0 spiro atoms. The number of carbonyl (C=O) groups is 1. The number of aryl methyl sites for hydroxylation is 1. The third-order valence-electron chi connectivity index (χ3n) is 4.37. The van der Waals surface area contributed by atoms with Gasteiger partial charge >= 0.3 is 0 Å². The zero-order valence-electron chi connectivity index (χ0n) is 11.7. The van der Waals surface area contributed by atoms with Crippen molar-refractivity contribution in [3.05, 3.63) is 70.8 Å². The zero-order valence-corrected chi connectivity index (χ0v) is 11.7. The van der Waals surface area contributed by atoms with Crippen LogP contribution in [-0.4, -0.2) is 12.3 Å². The van der Waals surface area contributed by atoms with Crippen LogP contribution in [-0.2, 0) is 5.41 Å². The summed E-state index contributed by atoms with van der Waals surface area (Å²) in [5.41, 5.74) is 9.77. The average Bonchev–Trinajstić information content (AvgIpc) is 3.28. The Kier molecular flexibility index (Phi) is 3.19. The minimum absolute atomic E-state index is 0.0952. The van der Waals surface area contributed by atoms with E-state index in [0.29, 0.717) is 6.54 Å². The summed E-state index contributed by atoms with van der Waals surface area (Å²) >= 11 is 0. The van der Waals surface area contributed by atoms with E-state index in [1.54, 1.807) is 0 Å². The molecule has 2 N–H and O–H groups in total. The van der Waals surface area contributed by atoms with Crippen molar-refractivity contribution in [2.75, 3.05) is 6.54 Å². The lowest BCUT2D eigenvalue weighted by atomic mass is 9.91. The van der Waals surface area contributed by atoms with E-state index in [-0.39, 0.29) is 11.2 Å². The molecule has 0 heterocycles. The molecule has 3 rings (SSSR count). The molecule has 1 fully saturated rings. The van der Waals surface area contributed by atoms with Gasteiger partial charge in [0.15, 0.2) is 5.78 Å². The summed E-state index contributed by atoms with van der Waals surface area (Å²) in [6.45, 7) is 2.63. The van der Waals surface area contributed by atoms with E-state index >= 15 is 0 Å². The largest absolute Gasteiger partial charge is 0.330 e. The first-order chi connectivity index (χ1) is 9.66. The molecule has 0 aliphatic heterocycles. The maximum atomic E-state index is 12.6. The van der Waals surface area contributed by atoms with Crippen LogP contribution >= 0.6 is 0 Å². The van der Waals surface area contributed by atoms with Crippen LogP contribution in [0.4, 0.5) is 0 Å². The molecular formula is C18H19NO. The molecular weight excluding hydrogens is 246 g/mol. The SMILES string of the molecule is Cc1ccccc1C(=O)c1cccc(C2(CN)CC2)c1. The van der Waals surface area contributed by atoms with Gasteiger partial charge in [-0.3, -0.25) is 4.79 Å². The van der Waals surface area contributed by atoms with Crippen molar-refractivity contribution in [1.82, 2.24) is 0 Å². The van der Waals surface area contributed by atoms with Crippen LogP contribution in [0.15, 0.2) is 48.5 Å². The van der Waals surface area contributed by atoms with Crippen LogP contribution in [0.5, 0.6) is 0 Å². The van der Waals surface area contributed by atoms with Gasteiger partial charge in [-0.1, -0.05) is 42.5 Å². The van der Waals surface area contributed by atoms with Gasteiger partial charge in [0, 0.05) is 23.1 Å². The van der Waals surface area contributed by atoms with Gasteiger partial charge in [0.05, 0.1) is 0 Å². The summed E-state index contributed by atoms with van der Waals surface area (Å²) in [4.78, 5) is 12.6. The molecule has 102 valence electrons. The van der Waals surface area contributed by atoms with Gasteiger partial charge in [-0.15, -0.1) is 0 Å².